The van der Waals surface area contributed by atoms with E-state index < -0.39 is 18.1 Å². The topological polar surface area (TPSA) is 114 Å². The summed E-state index contributed by atoms with van der Waals surface area (Å²) in [4.78, 5) is 73.4. The van der Waals surface area contributed by atoms with Gasteiger partial charge in [-0.3, -0.25) is 24.0 Å². The Balaban J connectivity index is 1.43. The van der Waals surface area contributed by atoms with E-state index in [9.17, 15) is 24.0 Å². The zero-order chi connectivity index (χ0) is 29.1. The summed E-state index contributed by atoms with van der Waals surface area (Å²) >= 11 is 0. The number of likely N-dealkylation sites (N-methyl/N-ethyl adjacent to an activating group) is 2. The van der Waals surface area contributed by atoms with E-state index in [1.54, 1.807) is 24.1 Å². The Labute approximate surface area is 236 Å². The molecule has 3 saturated heterocycles. The maximum atomic E-state index is 13.8. The minimum atomic E-state index is -0.787. The highest BCUT2D eigenvalue weighted by Crippen LogP contribution is 2.31. The number of benzene rings is 1. The maximum Gasteiger partial charge on any atom is 0.251 e. The number of hydrogen-bond acceptors (Lipinski definition) is 7. The van der Waals surface area contributed by atoms with Crippen molar-refractivity contribution in [2.24, 2.45) is 5.92 Å². The molecule has 1 N–H and O–H groups in total. The molecule has 40 heavy (non-hydrogen) atoms. The standard InChI is InChI=1S/C29H42N6O5/c1-19(2)16-23(30-28(39)21-6-8-22(9-7-21)33-14-12-31(4)13-15-33)29(40)34-11-10-24-27(34)25(37)17-35(24)26(38)18-32(5)20(3)36/h6-9,19,23-24,27H,10-18H2,1-5H3,(H,30,39). The van der Waals surface area contributed by atoms with Gasteiger partial charge in [0.15, 0.2) is 5.78 Å². The Bertz CT molecular complexity index is 1130. The summed E-state index contributed by atoms with van der Waals surface area (Å²) in [6.45, 7) is 9.33. The lowest BCUT2D eigenvalue weighted by Crippen LogP contribution is -2.53. The number of fused-ring (bicyclic) bond motifs is 1. The van der Waals surface area contributed by atoms with Crippen molar-refractivity contribution in [2.45, 2.75) is 51.7 Å². The Morgan fingerprint density at radius 1 is 1.00 bits per heavy atom. The maximum absolute atomic E-state index is 13.8. The van der Waals surface area contributed by atoms with Crippen molar-refractivity contribution in [3.8, 4) is 0 Å². The van der Waals surface area contributed by atoms with E-state index in [0.717, 1.165) is 31.9 Å². The molecule has 0 saturated carbocycles. The Morgan fingerprint density at radius 3 is 2.25 bits per heavy atom. The van der Waals surface area contributed by atoms with Crippen molar-refractivity contribution in [1.29, 1.82) is 0 Å². The zero-order valence-electron chi connectivity index (χ0n) is 24.3. The highest BCUT2D eigenvalue weighted by molar-refractivity contribution is 6.01. The number of amides is 4. The summed E-state index contributed by atoms with van der Waals surface area (Å²) in [7, 11) is 3.65. The van der Waals surface area contributed by atoms with E-state index in [-0.39, 0.29) is 48.4 Å². The molecule has 3 aliphatic rings. The van der Waals surface area contributed by atoms with Gasteiger partial charge in [0.2, 0.25) is 17.7 Å². The first-order chi connectivity index (χ1) is 19.0. The summed E-state index contributed by atoms with van der Waals surface area (Å²) in [5, 5.41) is 2.93. The largest absolute Gasteiger partial charge is 0.369 e. The van der Waals surface area contributed by atoms with Crippen LogP contribution in [0.3, 0.4) is 0 Å². The predicted molar refractivity (Wildman–Crippen MR) is 151 cm³/mol. The van der Waals surface area contributed by atoms with Gasteiger partial charge in [-0.25, -0.2) is 0 Å². The number of nitrogens with one attached hydrogen (secondary N) is 1. The number of carbonyl (C=O) groups excluding carboxylic acids is 5. The summed E-state index contributed by atoms with van der Waals surface area (Å²) in [5.74, 6) is -1.23. The number of hydrogen-bond donors (Lipinski definition) is 1. The average Bonchev–Trinajstić information content (AvgIpc) is 3.49. The molecule has 11 heteroatoms. The average molecular weight is 555 g/mol. The van der Waals surface area contributed by atoms with Crippen molar-refractivity contribution in [3.63, 3.8) is 0 Å². The van der Waals surface area contributed by atoms with Gasteiger partial charge in [0.1, 0.15) is 12.1 Å². The van der Waals surface area contributed by atoms with Crippen molar-refractivity contribution >= 4 is 35.1 Å². The minimum absolute atomic E-state index is 0.0788. The van der Waals surface area contributed by atoms with Crippen LogP contribution < -0.4 is 10.2 Å². The quantitative estimate of drug-likeness (QED) is 0.496. The fraction of sp³-hybridized carbons (Fsp3) is 0.621. The lowest BCUT2D eigenvalue weighted by Gasteiger charge is -2.34. The lowest BCUT2D eigenvalue weighted by molar-refractivity contribution is -0.139. The van der Waals surface area contributed by atoms with Gasteiger partial charge in [-0.15, -0.1) is 0 Å². The Hall–Kier alpha value is -3.47. The zero-order valence-corrected chi connectivity index (χ0v) is 24.3. The third-order valence-electron chi connectivity index (χ3n) is 8.24. The van der Waals surface area contributed by atoms with Crippen molar-refractivity contribution in [1.82, 2.24) is 24.9 Å². The number of nitrogens with zero attached hydrogens (tertiary/aromatic N) is 5. The molecular formula is C29H42N6O5. The molecule has 3 atom stereocenters. The minimum Gasteiger partial charge on any atom is -0.369 e. The van der Waals surface area contributed by atoms with Crippen LogP contribution in [0.15, 0.2) is 24.3 Å². The molecule has 3 fully saturated rings. The number of likely N-dealkylation sites (tertiary alicyclic amines) is 2. The highest BCUT2D eigenvalue weighted by atomic mass is 16.2. The smallest absolute Gasteiger partial charge is 0.251 e. The first kappa shape index (κ1) is 29.5. The van der Waals surface area contributed by atoms with Crippen LogP contribution in [-0.4, -0.2) is 127 Å². The molecule has 1 aromatic carbocycles. The van der Waals surface area contributed by atoms with Gasteiger partial charge in [-0.05, 0) is 50.1 Å². The van der Waals surface area contributed by atoms with Crippen LogP contribution in [0, 0.1) is 5.92 Å². The predicted octanol–water partition coefficient (Wildman–Crippen LogP) is 0.442. The second-order valence-electron chi connectivity index (χ2n) is 11.7. The van der Waals surface area contributed by atoms with Crippen LogP contribution in [0.4, 0.5) is 5.69 Å². The summed E-state index contributed by atoms with van der Waals surface area (Å²) < 4.78 is 0. The van der Waals surface area contributed by atoms with Gasteiger partial charge in [0.25, 0.3) is 5.91 Å². The van der Waals surface area contributed by atoms with Gasteiger partial charge in [-0.1, -0.05) is 13.8 Å². The van der Waals surface area contributed by atoms with Crippen LogP contribution in [0.2, 0.25) is 0 Å². The van der Waals surface area contributed by atoms with E-state index in [0.29, 0.717) is 24.9 Å². The van der Waals surface area contributed by atoms with E-state index in [1.807, 2.05) is 26.0 Å². The first-order valence-corrected chi connectivity index (χ1v) is 14.1. The fourth-order valence-corrected chi connectivity index (χ4v) is 5.82. The van der Waals surface area contributed by atoms with E-state index in [1.165, 1.54) is 16.7 Å². The Kier molecular flexibility index (Phi) is 9.12. The molecule has 0 bridgehead atoms. The molecule has 0 radical (unpaired) electrons. The second-order valence-corrected chi connectivity index (χ2v) is 11.7. The van der Waals surface area contributed by atoms with Crippen LogP contribution >= 0.6 is 0 Å². The SMILES string of the molecule is CC(=O)N(C)CC(=O)N1CC(=O)C2C1CCN2C(=O)C(CC(C)C)NC(=O)c1ccc(N2CCN(C)CC2)cc1. The van der Waals surface area contributed by atoms with Gasteiger partial charge in [0, 0.05) is 57.9 Å². The number of anilines is 1. The molecule has 0 spiro atoms. The third-order valence-corrected chi connectivity index (χ3v) is 8.24. The highest BCUT2D eigenvalue weighted by Gasteiger charge is 2.52. The van der Waals surface area contributed by atoms with Crippen molar-refractivity contribution < 1.29 is 24.0 Å². The number of rotatable bonds is 8. The second kappa shape index (κ2) is 12.4. The van der Waals surface area contributed by atoms with Crippen molar-refractivity contribution in [2.75, 3.05) is 64.8 Å². The number of Topliss-reactive ketones (excluding diaryl/α,β-unsaturated/α-hetero) is 1. The first-order valence-electron chi connectivity index (χ1n) is 14.1. The molecule has 3 heterocycles. The molecule has 4 amide bonds. The normalized spacial score (nSPS) is 21.9. The molecule has 218 valence electrons. The lowest BCUT2D eigenvalue weighted by atomic mass is 10.0. The molecule has 3 unspecified atom stereocenters. The molecule has 3 aliphatic heterocycles. The molecule has 4 rings (SSSR count). The monoisotopic (exact) mass is 554 g/mol. The fourth-order valence-electron chi connectivity index (χ4n) is 5.82. The summed E-state index contributed by atoms with van der Waals surface area (Å²) in [6, 6.07) is 5.52. The Morgan fingerprint density at radius 2 is 1.65 bits per heavy atom. The number of piperazine rings is 1. The van der Waals surface area contributed by atoms with Crippen LogP contribution in [0.5, 0.6) is 0 Å². The van der Waals surface area contributed by atoms with E-state index >= 15 is 0 Å². The molecule has 0 aromatic heterocycles. The van der Waals surface area contributed by atoms with Crippen LogP contribution in [-0.2, 0) is 19.2 Å². The summed E-state index contributed by atoms with van der Waals surface area (Å²) in [5.41, 5.74) is 1.54. The third kappa shape index (κ3) is 6.46. The van der Waals surface area contributed by atoms with Crippen molar-refractivity contribution in [3.05, 3.63) is 29.8 Å². The number of carbonyl (C=O) groups is 5. The van der Waals surface area contributed by atoms with Gasteiger partial charge in [-0.2, -0.15) is 0 Å². The van der Waals surface area contributed by atoms with Crippen LogP contribution in [0.25, 0.3) is 0 Å². The van der Waals surface area contributed by atoms with E-state index in [2.05, 4.69) is 22.2 Å². The van der Waals surface area contributed by atoms with Gasteiger partial charge >= 0.3 is 0 Å². The molecule has 11 nitrogen and oxygen atoms in total. The van der Waals surface area contributed by atoms with Crippen LogP contribution in [0.1, 0.15) is 44.0 Å². The summed E-state index contributed by atoms with van der Waals surface area (Å²) in [6.07, 6.45) is 0.909. The molecule has 1 aromatic rings. The number of ketones is 1. The van der Waals surface area contributed by atoms with Gasteiger partial charge < -0.3 is 29.8 Å². The molecular weight excluding hydrogens is 512 g/mol. The van der Waals surface area contributed by atoms with E-state index in [4.69, 9.17) is 0 Å². The van der Waals surface area contributed by atoms with Gasteiger partial charge in [0.05, 0.1) is 19.1 Å². The molecule has 0 aliphatic carbocycles.